The van der Waals surface area contributed by atoms with E-state index in [0.717, 1.165) is 28.1 Å². The molecule has 0 saturated carbocycles. The van der Waals surface area contributed by atoms with Crippen LogP contribution >= 0.6 is 23.4 Å². The van der Waals surface area contributed by atoms with Crippen molar-refractivity contribution in [2.45, 2.75) is 19.1 Å². The number of aryl methyl sites for hydroxylation is 2. The summed E-state index contributed by atoms with van der Waals surface area (Å²) in [7, 11) is 1.59. The molecule has 1 N–H and O–H groups in total. The van der Waals surface area contributed by atoms with Crippen LogP contribution in [0.3, 0.4) is 0 Å². The molecule has 164 valence electrons. The Labute approximate surface area is 196 Å². The van der Waals surface area contributed by atoms with Gasteiger partial charge in [-0.1, -0.05) is 29.7 Å². The molecule has 1 atom stereocenters. The zero-order valence-electron chi connectivity index (χ0n) is 17.9. The Bertz CT molecular complexity index is 1230. The van der Waals surface area contributed by atoms with Crippen molar-refractivity contribution in [1.82, 2.24) is 9.78 Å². The number of fused-ring (bicyclic) bond motifs is 1. The number of rotatable bonds is 5. The number of aromatic nitrogens is 2. The Morgan fingerprint density at radius 3 is 2.81 bits per heavy atom. The number of benzene rings is 2. The van der Waals surface area contributed by atoms with Crippen molar-refractivity contribution in [3.8, 4) is 29.5 Å². The molecule has 1 amide bonds. The first kappa shape index (κ1) is 22.1. The normalized spacial score (nSPS) is 15.3. The number of amides is 1. The number of terminal acetylenes is 1. The Balaban J connectivity index is 1.82. The summed E-state index contributed by atoms with van der Waals surface area (Å²) in [5.74, 6) is 4.49. The first-order valence-electron chi connectivity index (χ1n) is 9.94. The number of thioether (sulfide) groups is 1. The van der Waals surface area contributed by atoms with Crippen LogP contribution in [0.2, 0.25) is 5.02 Å². The summed E-state index contributed by atoms with van der Waals surface area (Å²) in [4.78, 5) is 12.6. The molecule has 0 radical (unpaired) electrons. The number of carbonyl (C=O) groups is 1. The van der Waals surface area contributed by atoms with Crippen molar-refractivity contribution >= 4 is 35.1 Å². The van der Waals surface area contributed by atoms with Crippen LogP contribution in [0.25, 0.3) is 5.69 Å². The summed E-state index contributed by atoms with van der Waals surface area (Å²) in [6.45, 7) is 4.04. The third kappa shape index (κ3) is 4.16. The topological polar surface area (TPSA) is 65.4 Å². The number of ether oxygens (including phenoxy) is 2. The fourth-order valence-electron chi connectivity index (χ4n) is 3.63. The van der Waals surface area contributed by atoms with Gasteiger partial charge in [0.25, 0.3) is 0 Å². The number of nitrogens with one attached hydrogen (secondary N) is 1. The SMILES string of the molecule is C#CCOc1ccc([C@@H]2SCC(=O)Nc3c2c(C)nn3-c2ccc(C)c(Cl)c2)cc1OC. The molecule has 8 heteroatoms. The number of hydrogen-bond acceptors (Lipinski definition) is 5. The van der Waals surface area contributed by atoms with Crippen LogP contribution in [0.15, 0.2) is 36.4 Å². The van der Waals surface area contributed by atoms with Crippen LogP contribution in [0.4, 0.5) is 5.82 Å². The Morgan fingerprint density at radius 1 is 1.28 bits per heavy atom. The van der Waals surface area contributed by atoms with Crippen LogP contribution in [0.5, 0.6) is 11.5 Å². The maximum atomic E-state index is 12.6. The molecular formula is C24H22ClN3O3S. The lowest BCUT2D eigenvalue weighted by Gasteiger charge is -2.18. The van der Waals surface area contributed by atoms with E-state index in [-0.39, 0.29) is 17.8 Å². The lowest BCUT2D eigenvalue weighted by molar-refractivity contribution is -0.113. The molecule has 4 rings (SSSR count). The van der Waals surface area contributed by atoms with Crippen molar-refractivity contribution in [3.63, 3.8) is 0 Å². The molecule has 6 nitrogen and oxygen atoms in total. The van der Waals surface area contributed by atoms with Gasteiger partial charge in [-0.25, -0.2) is 4.68 Å². The molecule has 2 aromatic carbocycles. The molecule has 32 heavy (non-hydrogen) atoms. The van der Waals surface area contributed by atoms with Crippen LogP contribution in [-0.4, -0.2) is 35.2 Å². The highest BCUT2D eigenvalue weighted by Gasteiger charge is 2.31. The summed E-state index contributed by atoms with van der Waals surface area (Å²) < 4.78 is 12.8. The molecule has 0 spiro atoms. The predicted octanol–water partition coefficient (Wildman–Crippen LogP) is 4.94. The van der Waals surface area contributed by atoms with E-state index in [0.29, 0.717) is 28.1 Å². The van der Waals surface area contributed by atoms with Gasteiger partial charge in [0.2, 0.25) is 5.91 Å². The van der Waals surface area contributed by atoms with Crippen molar-refractivity contribution in [3.05, 3.63) is 63.8 Å². The molecule has 1 aliphatic heterocycles. The van der Waals surface area contributed by atoms with Gasteiger partial charge < -0.3 is 14.8 Å². The lowest BCUT2D eigenvalue weighted by Crippen LogP contribution is -2.15. The van der Waals surface area contributed by atoms with Gasteiger partial charge in [-0.2, -0.15) is 5.10 Å². The minimum absolute atomic E-state index is 0.0842. The van der Waals surface area contributed by atoms with E-state index in [1.165, 1.54) is 11.8 Å². The molecule has 0 saturated heterocycles. The Morgan fingerprint density at radius 2 is 2.09 bits per heavy atom. The molecule has 0 fully saturated rings. The lowest BCUT2D eigenvalue weighted by atomic mass is 10.0. The number of nitrogens with zero attached hydrogens (tertiary/aromatic N) is 2. The van der Waals surface area contributed by atoms with Crippen molar-refractivity contribution in [2.24, 2.45) is 0 Å². The average molecular weight is 468 g/mol. The maximum Gasteiger partial charge on any atom is 0.235 e. The maximum absolute atomic E-state index is 12.6. The zero-order chi connectivity index (χ0) is 22.8. The van der Waals surface area contributed by atoms with Gasteiger partial charge in [0.1, 0.15) is 12.4 Å². The summed E-state index contributed by atoms with van der Waals surface area (Å²) in [6.07, 6.45) is 5.31. The molecule has 1 aromatic heterocycles. The fourth-order valence-corrected chi connectivity index (χ4v) is 4.99. The quantitative estimate of drug-likeness (QED) is 0.538. The van der Waals surface area contributed by atoms with E-state index in [4.69, 9.17) is 32.6 Å². The first-order valence-corrected chi connectivity index (χ1v) is 11.4. The highest BCUT2D eigenvalue weighted by molar-refractivity contribution is 8.00. The first-order chi connectivity index (χ1) is 15.4. The van der Waals surface area contributed by atoms with E-state index in [9.17, 15) is 4.79 Å². The molecule has 0 bridgehead atoms. The Hall–Kier alpha value is -3.08. The Kier molecular flexibility index (Phi) is 6.35. The van der Waals surface area contributed by atoms with Crippen LogP contribution in [0.1, 0.15) is 27.6 Å². The van der Waals surface area contributed by atoms with Gasteiger partial charge >= 0.3 is 0 Å². The number of hydrogen-bond donors (Lipinski definition) is 1. The van der Waals surface area contributed by atoms with E-state index >= 15 is 0 Å². The third-order valence-electron chi connectivity index (χ3n) is 5.21. The van der Waals surface area contributed by atoms with Gasteiger partial charge in [-0.15, -0.1) is 18.2 Å². The van der Waals surface area contributed by atoms with Crippen molar-refractivity contribution < 1.29 is 14.3 Å². The minimum Gasteiger partial charge on any atom is -0.493 e. The van der Waals surface area contributed by atoms with Crippen LogP contribution in [-0.2, 0) is 4.79 Å². The van der Waals surface area contributed by atoms with Crippen molar-refractivity contribution in [2.75, 3.05) is 24.8 Å². The summed E-state index contributed by atoms with van der Waals surface area (Å²) in [6, 6.07) is 11.4. The van der Waals surface area contributed by atoms with E-state index in [1.54, 1.807) is 11.8 Å². The zero-order valence-corrected chi connectivity index (χ0v) is 19.5. The number of methoxy groups -OCH3 is 1. The van der Waals surface area contributed by atoms with E-state index < -0.39 is 0 Å². The smallest absolute Gasteiger partial charge is 0.235 e. The minimum atomic E-state index is -0.130. The fraction of sp³-hybridized carbons (Fsp3) is 0.250. The molecule has 2 heterocycles. The molecule has 0 unspecified atom stereocenters. The average Bonchev–Trinajstić information content (AvgIpc) is 2.99. The second-order valence-electron chi connectivity index (χ2n) is 7.34. The van der Waals surface area contributed by atoms with Gasteiger partial charge in [0.05, 0.1) is 29.5 Å². The molecule has 0 aliphatic carbocycles. The van der Waals surface area contributed by atoms with Crippen LogP contribution < -0.4 is 14.8 Å². The number of carbonyl (C=O) groups excluding carboxylic acids is 1. The van der Waals surface area contributed by atoms with Gasteiger partial charge in [0.15, 0.2) is 11.5 Å². The number of anilines is 1. The van der Waals surface area contributed by atoms with Gasteiger partial charge in [0, 0.05) is 10.6 Å². The second kappa shape index (κ2) is 9.19. The summed E-state index contributed by atoms with van der Waals surface area (Å²) in [5, 5.41) is 8.28. The van der Waals surface area contributed by atoms with Gasteiger partial charge in [-0.05, 0) is 49.2 Å². The molecule has 3 aromatic rings. The summed E-state index contributed by atoms with van der Waals surface area (Å²) >= 11 is 7.89. The number of halogens is 1. The largest absolute Gasteiger partial charge is 0.493 e. The molecule has 1 aliphatic rings. The van der Waals surface area contributed by atoms with E-state index in [1.807, 2.05) is 50.2 Å². The third-order valence-corrected chi connectivity index (χ3v) is 6.89. The van der Waals surface area contributed by atoms with Gasteiger partial charge in [-0.3, -0.25) is 4.79 Å². The van der Waals surface area contributed by atoms with Crippen LogP contribution in [0, 0.1) is 26.2 Å². The second-order valence-corrected chi connectivity index (χ2v) is 8.84. The van der Waals surface area contributed by atoms with Crippen molar-refractivity contribution in [1.29, 1.82) is 0 Å². The predicted molar refractivity (Wildman–Crippen MR) is 128 cm³/mol. The monoisotopic (exact) mass is 467 g/mol. The molecular weight excluding hydrogens is 446 g/mol. The standard InChI is InChI=1S/C24H22ClN3O3S/c1-5-10-31-19-9-7-16(11-20(19)30-4)23-22-15(3)27-28(24(22)26-21(29)13-32-23)17-8-6-14(2)18(25)12-17/h1,6-9,11-12,23H,10,13H2,2-4H3,(H,26,29)/t23-/m0/s1. The highest BCUT2D eigenvalue weighted by Crippen LogP contribution is 2.45. The highest BCUT2D eigenvalue weighted by atomic mass is 35.5. The summed E-state index contributed by atoms with van der Waals surface area (Å²) in [5.41, 5.74) is 4.50. The van der Waals surface area contributed by atoms with E-state index in [2.05, 4.69) is 11.2 Å².